The lowest BCUT2D eigenvalue weighted by molar-refractivity contribution is 0.0721. The molecule has 2 atom stereocenters. The van der Waals surface area contributed by atoms with E-state index in [2.05, 4.69) is 18.9 Å². The van der Waals surface area contributed by atoms with E-state index in [0.717, 1.165) is 35.8 Å². The number of methoxy groups -OCH3 is 1. The Balaban J connectivity index is 2.83. The molecule has 1 aromatic heterocycles. The zero-order valence-corrected chi connectivity index (χ0v) is 12.5. The third kappa shape index (κ3) is 3.46. The van der Waals surface area contributed by atoms with E-state index in [9.17, 15) is 0 Å². The fraction of sp³-hybridized carbons (Fsp3) is 0.769. The van der Waals surface area contributed by atoms with Gasteiger partial charge in [0.15, 0.2) is 0 Å². The number of nitrogens with two attached hydrogens (primary N) is 1. The van der Waals surface area contributed by atoms with E-state index in [4.69, 9.17) is 22.1 Å². The summed E-state index contributed by atoms with van der Waals surface area (Å²) in [6.45, 7) is 6.91. The highest BCUT2D eigenvalue weighted by Crippen LogP contribution is 2.22. The van der Waals surface area contributed by atoms with Gasteiger partial charge < -0.3 is 10.5 Å². The summed E-state index contributed by atoms with van der Waals surface area (Å²) in [6.07, 6.45) is 2.80. The third-order valence-electron chi connectivity index (χ3n) is 3.24. The van der Waals surface area contributed by atoms with Crippen LogP contribution in [0.5, 0.6) is 0 Å². The van der Waals surface area contributed by atoms with Crippen molar-refractivity contribution in [3.05, 3.63) is 16.4 Å². The molecule has 104 valence electrons. The van der Waals surface area contributed by atoms with Gasteiger partial charge in [0.2, 0.25) is 0 Å². The fourth-order valence-corrected chi connectivity index (χ4v) is 2.42. The number of ether oxygens (including phenoxy) is 1. The Labute approximate surface area is 114 Å². The molecular weight excluding hydrogens is 250 g/mol. The molecule has 2 unspecified atom stereocenters. The van der Waals surface area contributed by atoms with E-state index >= 15 is 0 Å². The van der Waals surface area contributed by atoms with Gasteiger partial charge in [0.1, 0.15) is 0 Å². The minimum Gasteiger partial charge on any atom is -0.380 e. The van der Waals surface area contributed by atoms with Crippen molar-refractivity contribution in [1.29, 1.82) is 0 Å². The average Bonchev–Trinajstić information content (AvgIpc) is 2.63. The van der Waals surface area contributed by atoms with Crippen molar-refractivity contribution < 1.29 is 4.74 Å². The van der Waals surface area contributed by atoms with Crippen LogP contribution in [-0.4, -0.2) is 29.0 Å². The molecule has 18 heavy (non-hydrogen) atoms. The van der Waals surface area contributed by atoms with E-state index < -0.39 is 0 Å². The maximum atomic E-state index is 6.28. The predicted molar refractivity (Wildman–Crippen MR) is 75.0 cm³/mol. The molecule has 0 bridgehead atoms. The predicted octanol–water partition coefficient (Wildman–Crippen LogP) is 2.55. The van der Waals surface area contributed by atoms with Crippen molar-refractivity contribution in [2.75, 3.05) is 7.11 Å². The topological polar surface area (TPSA) is 53.1 Å². The monoisotopic (exact) mass is 273 g/mol. The summed E-state index contributed by atoms with van der Waals surface area (Å²) in [5.41, 5.74) is 8.11. The molecule has 0 fully saturated rings. The number of halogens is 1. The molecule has 4 nitrogen and oxygen atoms in total. The van der Waals surface area contributed by atoms with Crippen molar-refractivity contribution in [3.8, 4) is 0 Å². The van der Waals surface area contributed by atoms with E-state index in [1.807, 2.05) is 11.6 Å². The lowest BCUT2D eigenvalue weighted by Crippen LogP contribution is -2.38. The van der Waals surface area contributed by atoms with Crippen LogP contribution in [-0.2, 0) is 17.7 Å². The maximum Gasteiger partial charge on any atom is 0.0847 e. The Kier molecular flexibility index (Phi) is 6.12. The smallest absolute Gasteiger partial charge is 0.0847 e. The van der Waals surface area contributed by atoms with Gasteiger partial charge in [0, 0.05) is 26.1 Å². The van der Waals surface area contributed by atoms with Crippen LogP contribution < -0.4 is 5.73 Å². The second-order valence-corrected chi connectivity index (χ2v) is 4.97. The van der Waals surface area contributed by atoms with E-state index in [1.54, 1.807) is 7.11 Å². The Morgan fingerprint density at radius 2 is 2.11 bits per heavy atom. The number of aromatic nitrogens is 2. The van der Waals surface area contributed by atoms with Gasteiger partial charge in [-0.15, -0.1) is 0 Å². The molecule has 0 radical (unpaired) electrons. The Morgan fingerprint density at radius 3 is 2.61 bits per heavy atom. The van der Waals surface area contributed by atoms with Crippen molar-refractivity contribution in [3.63, 3.8) is 0 Å². The highest BCUT2D eigenvalue weighted by molar-refractivity contribution is 6.31. The van der Waals surface area contributed by atoms with Crippen LogP contribution in [0.3, 0.4) is 0 Å². The molecule has 0 aromatic carbocycles. The Bertz CT molecular complexity index is 379. The highest BCUT2D eigenvalue weighted by Gasteiger charge is 2.21. The van der Waals surface area contributed by atoms with Gasteiger partial charge in [-0.05, 0) is 20.3 Å². The van der Waals surface area contributed by atoms with E-state index in [-0.39, 0.29) is 12.1 Å². The van der Waals surface area contributed by atoms with Crippen LogP contribution in [0.25, 0.3) is 0 Å². The lowest BCUT2D eigenvalue weighted by Gasteiger charge is -2.22. The summed E-state index contributed by atoms with van der Waals surface area (Å²) in [6, 6.07) is -0.0474. The second-order valence-electron chi connectivity index (χ2n) is 4.59. The molecule has 0 spiro atoms. The van der Waals surface area contributed by atoms with E-state index in [0.29, 0.717) is 6.42 Å². The summed E-state index contributed by atoms with van der Waals surface area (Å²) in [4.78, 5) is 0. The normalized spacial score (nSPS) is 14.8. The summed E-state index contributed by atoms with van der Waals surface area (Å²) in [5, 5.41) is 5.14. The van der Waals surface area contributed by atoms with Crippen LogP contribution in [0.2, 0.25) is 5.02 Å². The molecule has 0 saturated heterocycles. The van der Waals surface area contributed by atoms with Crippen molar-refractivity contribution in [1.82, 2.24) is 9.78 Å². The van der Waals surface area contributed by atoms with Gasteiger partial charge in [0.25, 0.3) is 0 Å². The molecule has 5 heteroatoms. The van der Waals surface area contributed by atoms with Gasteiger partial charge in [-0.25, -0.2) is 0 Å². The molecule has 0 aliphatic rings. The molecule has 1 heterocycles. The molecule has 1 aromatic rings. The Morgan fingerprint density at radius 1 is 1.44 bits per heavy atom. The van der Waals surface area contributed by atoms with Crippen LogP contribution in [0.15, 0.2) is 0 Å². The SMILES string of the molecule is CCCC(OC)C(N)Cc1c(Cl)c(C)nn1CC. The summed E-state index contributed by atoms with van der Waals surface area (Å²) >= 11 is 6.28. The van der Waals surface area contributed by atoms with Gasteiger partial charge in [-0.3, -0.25) is 4.68 Å². The van der Waals surface area contributed by atoms with Crippen molar-refractivity contribution in [2.24, 2.45) is 5.73 Å². The standard InChI is InChI=1S/C13H24ClN3O/c1-5-7-12(18-4)10(15)8-11-13(14)9(3)16-17(11)6-2/h10,12H,5-8,15H2,1-4H3. The molecule has 0 aliphatic carbocycles. The largest absolute Gasteiger partial charge is 0.380 e. The molecular formula is C13H24ClN3O. The van der Waals surface area contributed by atoms with E-state index in [1.165, 1.54) is 0 Å². The first-order chi connectivity index (χ1) is 8.54. The molecule has 0 saturated carbocycles. The van der Waals surface area contributed by atoms with Crippen LogP contribution in [0.1, 0.15) is 38.1 Å². The molecule has 0 aliphatic heterocycles. The highest BCUT2D eigenvalue weighted by atomic mass is 35.5. The minimum atomic E-state index is -0.0474. The lowest BCUT2D eigenvalue weighted by atomic mass is 10.0. The van der Waals surface area contributed by atoms with Gasteiger partial charge in [-0.1, -0.05) is 24.9 Å². The first-order valence-corrected chi connectivity index (χ1v) is 6.93. The van der Waals surface area contributed by atoms with Crippen LogP contribution >= 0.6 is 11.6 Å². The number of hydrogen-bond acceptors (Lipinski definition) is 3. The molecule has 1 rings (SSSR count). The third-order valence-corrected chi connectivity index (χ3v) is 3.73. The summed E-state index contributed by atoms with van der Waals surface area (Å²) < 4.78 is 7.37. The number of hydrogen-bond donors (Lipinski definition) is 1. The van der Waals surface area contributed by atoms with Crippen molar-refractivity contribution >= 4 is 11.6 Å². The average molecular weight is 274 g/mol. The number of nitrogens with zero attached hydrogens (tertiary/aromatic N) is 2. The van der Waals surface area contributed by atoms with Gasteiger partial charge >= 0.3 is 0 Å². The first kappa shape index (κ1) is 15.5. The van der Waals surface area contributed by atoms with Gasteiger partial charge in [0.05, 0.1) is 22.5 Å². The minimum absolute atomic E-state index is 0.0474. The fourth-order valence-electron chi connectivity index (χ4n) is 2.21. The number of aryl methyl sites for hydroxylation is 2. The molecule has 0 amide bonds. The quantitative estimate of drug-likeness (QED) is 0.831. The van der Waals surface area contributed by atoms with Crippen molar-refractivity contribution in [2.45, 2.75) is 58.7 Å². The van der Waals surface area contributed by atoms with Gasteiger partial charge in [-0.2, -0.15) is 5.10 Å². The van der Waals surface area contributed by atoms with Crippen LogP contribution in [0, 0.1) is 6.92 Å². The first-order valence-electron chi connectivity index (χ1n) is 6.55. The second kappa shape index (κ2) is 7.12. The summed E-state index contributed by atoms with van der Waals surface area (Å²) in [5.74, 6) is 0. The number of rotatable bonds is 7. The Hall–Kier alpha value is -0.580. The van der Waals surface area contributed by atoms with Crippen LogP contribution in [0.4, 0.5) is 0 Å². The zero-order valence-electron chi connectivity index (χ0n) is 11.7. The molecule has 2 N–H and O–H groups in total. The summed E-state index contributed by atoms with van der Waals surface area (Å²) in [7, 11) is 1.71. The zero-order chi connectivity index (χ0) is 13.7. The maximum absolute atomic E-state index is 6.28.